The number of Topliss-reactive ketones (excluding diaryl/α,β-unsaturated/α-hetero) is 1. The normalized spacial score (nSPS) is 25.1. The number of carbonyl (C=O) groups excluding carboxylic acids is 3. The number of ether oxygens (including phenoxy) is 2. The van der Waals surface area contributed by atoms with Gasteiger partial charge in [0.25, 0.3) is 0 Å². The van der Waals surface area contributed by atoms with Gasteiger partial charge in [-0.05, 0) is 18.1 Å². The first-order chi connectivity index (χ1) is 15.0. The van der Waals surface area contributed by atoms with E-state index in [2.05, 4.69) is 0 Å². The molecule has 2 aromatic carbocycles. The van der Waals surface area contributed by atoms with Gasteiger partial charge in [0, 0.05) is 31.0 Å². The zero-order chi connectivity index (χ0) is 22.0. The van der Waals surface area contributed by atoms with Crippen molar-refractivity contribution in [2.75, 3.05) is 27.3 Å². The van der Waals surface area contributed by atoms with E-state index in [0.717, 1.165) is 11.1 Å². The van der Waals surface area contributed by atoms with Crippen molar-refractivity contribution in [1.82, 2.24) is 4.90 Å². The van der Waals surface area contributed by atoms with Crippen LogP contribution in [0.5, 0.6) is 5.75 Å². The maximum Gasteiger partial charge on any atom is 0.315 e. The van der Waals surface area contributed by atoms with Crippen LogP contribution >= 0.6 is 0 Å². The minimum absolute atomic E-state index is 0.0326. The van der Waals surface area contributed by atoms with Crippen LogP contribution in [0.25, 0.3) is 0 Å². The number of rotatable bonds is 5. The van der Waals surface area contributed by atoms with Crippen LogP contribution in [0.1, 0.15) is 29.9 Å². The molecule has 0 bridgehead atoms. The van der Waals surface area contributed by atoms with Gasteiger partial charge in [-0.15, -0.1) is 0 Å². The van der Waals surface area contributed by atoms with Gasteiger partial charge in [-0.1, -0.05) is 48.5 Å². The Hall–Kier alpha value is -3.15. The summed E-state index contributed by atoms with van der Waals surface area (Å²) in [4.78, 5) is 41.0. The largest absolute Gasteiger partial charge is 0.496 e. The lowest BCUT2D eigenvalue weighted by Crippen LogP contribution is -2.50. The van der Waals surface area contributed by atoms with Crippen LogP contribution in [0.15, 0.2) is 54.6 Å². The monoisotopic (exact) mass is 421 g/mol. The van der Waals surface area contributed by atoms with Crippen molar-refractivity contribution in [3.63, 3.8) is 0 Å². The molecule has 0 N–H and O–H groups in total. The summed E-state index contributed by atoms with van der Waals surface area (Å²) in [5.74, 6) is -0.583. The Kier molecular flexibility index (Phi) is 5.81. The highest BCUT2D eigenvalue weighted by molar-refractivity contribution is 5.94. The molecule has 1 heterocycles. The summed E-state index contributed by atoms with van der Waals surface area (Å²) >= 11 is 0. The van der Waals surface area contributed by atoms with E-state index in [1.54, 1.807) is 12.0 Å². The number of esters is 1. The molecule has 1 amide bonds. The molecule has 3 unspecified atom stereocenters. The lowest BCUT2D eigenvalue weighted by Gasteiger charge is -2.42. The highest BCUT2D eigenvalue weighted by Crippen LogP contribution is 2.54. The highest BCUT2D eigenvalue weighted by atomic mass is 16.5. The van der Waals surface area contributed by atoms with Crippen molar-refractivity contribution in [2.24, 2.45) is 11.3 Å². The standard InChI is InChI=1S/C25H27NO5/c1-30-22-11-7-6-10-18(22)14-23(28)26-15-20-21(27)13-12-19(17-8-4-3-5-9-17)25(20,16-26)24(29)31-2/h3-11,19-20H,12-16H2,1-2H3. The molecular weight excluding hydrogens is 394 g/mol. The molecule has 0 radical (unpaired) electrons. The minimum Gasteiger partial charge on any atom is -0.496 e. The average Bonchev–Trinajstić information content (AvgIpc) is 3.23. The van der Waals surface area contributed by atoms with E-state index in [4.69, 9.17) is 9.47 Å². The SMILES string of the molecule is COC(=O)C12CN(C(=O)Cc3ccccc3OC)CC1C(=O)CCC2c1ccccc1. The Bertz CT molecular complexity index is 988. The first-order valence-electron chi connectivity index (χ1n) is 10.6. The third-order valence-electron chi connectivity index (χ3n) is 6.82. The van der Waals surface area contributed by atoms with Crippen LogP contribution in [0.3, 0.4) is 0 Å². The van der Waals surface area contributed by atoms with Gasteiger partial charge in [0.05, 0.1) is 26.6 Å². The molecule has 1 saturated carbocycles. The van der Waals surface area contributed by atoms with E-state index in [9.17, 15) is 14.4 Å². The molecule has 2 fully saturated rings. The minimum atomic E-state index is -1.05. The van der Waals surface area contributed by atoms with Gasteiger partial charge in [0.1, 0.15) is 16.9 Å². The maximum absolute atomic E-state index is 13.2. The van der Waals surface area contributed by atoms with Crippen molar-refractivity contribution >= 4 is 17.7 Å². The van der Waals surface area contributed by atoms with E-state index < -0.39 is 17.3 Å². The van der Waals surface area contributed by atoms with Crippen molar-refractivity contribution < 1.29 is 23.9 Å². The number of fused-ring (bicyclic) bond motifs is 1. The summed E-state index contributed by atoms with van der Waals surface area (Å²) in [6.45, 7) is 0.425. The summed E-state index contributed by atoms with van der Waals surface area (Å²) < 4.78 is 10.6. The van der Waals surface area contributed by atoms with Crippen LogP contribution in [-0.2, 0) is 25.5 Å². The van der Waals surface area contributed by atoms with E-state index in [1.165, 1.54) is 7.11 Å². The fourth-order valence-corrected chi connectivity index (χ4v) is 5.34. The molecule has 0 spiro atoms. The lowest BCUT2D eigenvalue weighted by atomic mass is 9.59. The molecule has 162 valence electrons. The molecule has 0 aromatic heterocycles. The van der Waals surface area contributed by atoms with Gasteiger partial charge < -0.3 is 14.4 Å². The maximum atomic E-state index is 13.2. The van der Waals surface area contributed by atoms with Gasteiger partial charge in [-0.25, -0.2) is 0 Å². The summed E-state index contributed by atoms with van der Waals surface area (Å²) in [5, 5.41) is 0. The van der Waals surface area contributed by atoms with Crippen LogP contribution in [0, 0.1) is 11.3 Å². The van der Waals surface area contributed by atoms with Crippen LogP contribution in [0.2, 0.25) is 0 Å². The number of ketones is 1. The van der Waals surface area contributed by atoms with Crippen molar-refractivity contribution in [2.45, 2.75) is 25.2 Å². The molecule has 1 aliphatic carbocycles. The second-order valence-corrected chi connectivity index (χ2v) is 8.32. The third-order valence-corrected chi connectivity index (χ3v) is 6.82. The topological polar surface area (TPSA) is 72.9 Å². The fraction of sp³-hybridized carbons (Fsp3) is 0.400. The first-order valence-corrected chi connectivity index (χ1v) is 10.6. The number of methoxy groups -OCH3 is 2. The van der Waals surface area contributed by atoms with Crippen molar-refractivity contribution in [3.05, 3.63) is 65.7 Å². The molecule has 1 aliphatic heterocycles. The third kappa shape index (κ3) is 3.60. The summed E-state index contributed by atoms with van der Waals surface area (Å²) in [6.07, 6.45) is 1.12. The van der Waals surface area contributed by atoms with E-state index >= 15 is 0 Å². The number of carbonyl (C=O) groups is 3. The Balaban J connectivity index is 1.68. The molecule has 4 rings (SSSR count). The molecule has 6 nitrogen and oxygen atoms in total. The van der Waals surface area contributed by atoms with Gasteiger partial charge in [-0.2, -0.15) is 0 Å². The first kappa shape index (κ1) is 21.1. The number of para-hydroxylation sites is 1. The highest BCUT2D eigenvalue weighted by Gasteiger charge is 2.62. The zero-order valence-electron chi connectivity index (χ0n) is 17.9. The molecule has 31 heavy (non-hydrogen) atoms. The van der Waals surface area contributed by atoms with Crippen LogP contribution in [-0.4, -0.2) is 49.9 Å². The quantitative estimate of drug-likeness (QED) is 0.694. The number of likely N-dealkylation sites (tertiary alicyclic amines) is 1. The predicted molar refractivity (Wildman–Crippen MR) is 115 cm³/mol. The molecule has 2 aliphatic rings. The fourth-order valence-electron chi connectivity index (χ4n) is 5.34. The van der Waals surface area contributed by atoms with Crippen molar-refractivity contribution in [3.8, 4) is 5.75 Å². The molecule has 1 saturated heterocycles. The lowest BCUT2D eigenvalue weighted by molar-refractivity contribution is -0.161. The smallest absolute Gasteiger partial charge is 0.315 e. The van der Waals surface area contributed by atoms with E-state index in [0.29, 0.717) is 18.6 Å². The predicted octanol–water partition coefficient (Wildman–Crippen LogP) is 3.00. The Labute approximate surface area is 182 Å². The Morgan fingerprint density at radius 1 is 1.03 bits per heavy atom. The molecule has 3 atom stereocenters. The summed E-state index contributed by atoms with van der Waals surface area (Å²) in [6, 6.07) is 17.2. The summed E-state index contributed by atoms with van der Waals surface area (Å²) in [7, 11) is 2.93. The number of amides is 1. The average molecular weight is 421 g/mol. The van der Waals surface area contributed by atoms with Gasteiger partial charge in [0.15, 0.2) is 0 Å². The number of nitrogens with zero attached hydrogens (tertiary/aromatic N) is 1. The van der Waals surface area contributed by atoms with Gasteiger partial charge in [0.2, 0.25) is 5.91 Å². The Morgan fingerprint density at radius 2 is 1.74 bits per heavy atom. The number of hydrogen-bond donors (Lipinski definition) is 0. The molecule has 2 aromatic rings. The van der Waals surface area contributed by atoms with Crippen molar-refractivity contribution in [1.29, 1.82) is 0 Å². The van der Waals surface area contributed by atoms with Crippen LogP contribution in [0.4, 0.5) is 0 Å². The molecule has 6 heteroatoms. The van der Waals surface area contributed by atoms with E-state index in [-0.39, 0.29) is 37.1 Å². The second-order valence-electron chi connectivity index (χ2n) is 8.32. The second kappa shape index (κ2) is 8.53. The summed E-state index contributed by atoms with van der Waals surface area (Å²) in [5.41, 5.74) is 0.731. The number of hydrogen-bond acceptors (Lipinski definition) is 5. The van der Waals surface area contributed by atoms with E-state index in [1.807, 2.05) is 54.6 Å². The van der Waals surface area contributed by atoms with Gasteiger partial charge in [-0.3, -0.25) is 14.4 Å². The van der Waals surface area contributed by atoms with Gasteiger partial charge >= 0.3 is 5.97 Å². The molecular formula is C25H27NO5. The zero-order valence-corrected chi connectivity index (χ0v) is 17.9. The Morgan fingerprint density at radius 3 is 2.45 bits per heavy atom. The van der Waals surface area contributed by atoms with Crippen LogP contribution < -0.4 is 4.74 Å². The number of benzene rings is 2.